The van der Waals surface area contributed by atoms with Crippen LogP contribution in [0.3, 0.4) is 0 Å². The summed E-state index contributed by atoms with van der Waals surface area (Å²) in [6, 6.07) is 9.31. The zero-order chi connectivity index (χ0) is 26.5. The molecule has 0 saturated heterocycles. The number of nitrogens with zero attached hydrogens (tertiary/aromatic N) is 1. The highest BCUT2D eigenvalue weighted by molar-refractivity contribution is 5.99. The van der Waals surface area contributed by atoms with Gasteiger partial charge in [0.2, 0.25) is 11.8 Å². The molecule has 2 aromatic carbocycles. The fourth-order valence-electron chi connectivity index (χ4n) is 4.24. The van der Waals surface area contributed by atoms with E-state index in [1.165, 1.54) is 24.3 Å². The first kappa shape index (κ1) is 27.0. The number of aliphatic hydroxyl groups is 1. The number of aliphatic hydroxyl groups excluding tert-OH is 1. The number of nitrogens with one attached hydrogen (secondary N) is 2. The SMILES string of the molecule is CC(C)[C@H]1C(=O)N[C@H](CO)Cc2cc(NC(=O)/C=C/C=C/c3ccc(C(F)(F)F)cc3)ccc2N1C. The predicted octanol–water partition coefficient (Wildman–Crippen LogP) is 4.41. The fourth-order valence-corrected chi connectivity index (χ4v) is 4.24. The molecule has 0 bridgehead atoms. The third kappa shape index (κ3) is 6.75. The molecular weight excluding hydrogens is 471 g/mol. The molecule has 0 saturated carbocycles. The highest BCUT2D eigenvalue weighted by atomic mass is 19.4. The van der Waals surface area contributed by atoms with Crippen molar-refractivity contribution in [2.75, 3.05) is 23.9 Å². The van der Waals surface area contributed by atoms with Crippen molar-refractivity contribution in [2.24, 2.45) is 5.92 Å². The lowest BCUT2D eigenvalue weighted by Gasteiger charge is -2.37. The van der Waals surface area contributed by atoms with Crippen molar-refractivity contribution in [3.05, 3.63) is 77.4 Å². The van der Waals surface area contributed by atoms with Gasteiger partial charge < -0.3 is 20.6 Å². The minimum atomic E-state index is -4.38. The Morgan fingerprint density at radius 1 is 1.19 bits per heavy atom. The van der Waals surface area contributed by atoms with Crippen LogP contribution in [0.5, 0.6) is 0 Å². The molecule has 2 amide bonds. The summed E-state index contributed by atoms with van der Waals surface area (Å²) in [6.07, 6.45) is 2.00. The monoisotopic (exact) mass is 501 g/mol. The molecule has 1 heterocycles. The lowest BCUT2D eigenvalue weighted by molar-refractivity contribution is -0.137. The van der Waals surface area contributed by atoms with Crippen molar-refractivity contribution < 1.29 is 27.9 Å². The van der Waals surface area contributed by atoms with Gasteiger partial charge in [0, 0.05) is 24.5 Å². The molecular formula is C27H30F3N3O3. The molecule has 9 heteroatoms. The van der Waals surface area contributed by atoms with Crippen LogP contribution in [0.4, 0.5) is 24.5 Å². The van der Waals surface area contributed by atoms with E-state index in [1.54, 1.807) is 18.2 Å². The minimum Gasteiger partial charge on any atom is -0.394 e. The Balaban J connectivity index is 1.70. The normalized spacial score (nSPS) is 18.8. The van der Waals surface area contributed by atoms with Crippen LogP contribution in [0.1, 0.15) is 30.5 Å². The van der Waals surface area contributed by atoms with E-state index < -0.39 is 23.8 Å². The van der Waals surface area contributed by atoms with Gasteiger partial charge in [-0.05, 0) is 53.8 Å². The smallest absolute Gasteiger partial charge is 0.394 e. The van der Waals surface area contributed by atoms with E-state index in [9.17, 15) is 27.9 Å². The average Bonchev–Trinajstić information content (AvgIpc) is 2.80. The van der Waals surface area contributed by atoms with Crippen LogP contribution in [-0.4, -0.2) is 42.7 Å². The highest BCUT2D eigenvalue weighted by Crippen LogP contribution is 2.30. The predicted molar refractivity (Wildman–Crippen MR) is 134 cm³/mol. The Labute approximate surface area is 208 Å². The number of alkyl halides is 3. The van der Waals surface area contributed by atoms with Crippen molar-refractivity contribution in [3.63, 3.8) is 0 Å². The van der Waals surface area contributed by atoms with E-state index in [1.807, 2.05) is 37.9 Å². The number of carbonyl (C=O) groups is 2. The second-order valence-electron chi connectivity index (χ2n) is 9.06. The van der Waals surface area contributed by atoms with E-state index in [4.69, 9.17) is 0 Å². The Morgan fingerprint density at radius 2 is 1.89 bits per heavy atom. The summed E-state index contributed by atoms with van der Waals surface area (Å²) >= 11 is 0. The first-order valence-corrected chi connectivity index (χ1v) is 11.6. The first-order chi connectivity index (χ1) is 17.0. The Bertz CT molecular complexity index is 1140. The third-order valence-electron chi connectivity index (χ3n) is 5.96. The molecule has 2 atom stereocenters. The van der Waals surface area contributed by atoms with E-state index in [0.29, 0.717) is 17.7 Å². The second kappa shape index (κ2) is 11.4. The van der Waals surface area contributed by atoms with Crippen LogP contribution in [0.25, 0.3) is 6.08 Å². The first-order valence-electron chi connectivity index (χ1n) is 11.6. The summed E-state index contributed by atoms with van der Waals surface area (Å²) in [4.78, 5) is 27.0. The van der Waals surface area contributed by atoms with E-state index >= 15 is 0 Å². The molecule has 1 aliphatic rings. The summed E-state index contributed by atoms with van der Waals surface area (Å²) in [6.45, 7) is 3.72. The van der Waals surface area contributed by atoms with Gasteiger partial charge in [0.25, 0.3) is 0 Å². The molecule has 3 rings (SSSR count). The van der Waals surface area contributed by atoms with Crippen molar-refractivity contribution >= 4 is 29.3 Å². The van der Waals surface area contributed by atoms with Gasteiger partial charge in [-0.3, -0.25) is 9.59 Å². The molecule has 0 aromatic heterocycles. The van der Waals surface area contributed by atoms with Gasteiger partial charge >= 0.3 is 6.18 Å². The number of hydrogen-bond acceptors (Lipinski definition) is 4. The van der Waals surface area contributed by atoms with Gasteiger partial charge in [-0.25, -0.2) is 0 Å². The number of carbonyl (C=O) groups excluding carboxylic acids is 2. The number of benzene rings is 2. The number of anilines is 2. The molecule has 0 spiro atoms. The number of rotatable bonds is 6. The average molecular weight is 502 g/mol. The van der Waals surface area contributed by atoms with Gasteiger partial charge in [0.1, 0.15) is 6.04 Å². The summed E-state index contributed by atoms with van der Waals surface area (Å²) < 4.78 is 37.9. The molecule has 192 valence electrons. The van der Waals surface area contributed by atoms with Gasteiger partial charge in [0.05, 0.1) is 18.2 Å². The number of halogens is 3. The molecule has 0 radical (unpaired) electrons. The van der Waals surface area contributed by atoms with Gasteiger partial charge in [-0.15, -0.1) is 0 Å². The quantitative estimate of drug-likeness (QED) is 0.405. The van der Waals surface area contributed by atoms with Gasteiger partial charge in [-0.2, -0.15) is 13.2 Å². The number of allylic oxidation sites excluding steroid dienone is 2. The molecule has 1 aliphatic heterocycles. The second-order valence-corrected chi connectivity index (χ2v) is 9.06. The Hall–Kier alpha value is -3.59. The van der Waals surface area contributed by atoms with Crippen molar-refractivity contribution in [2.45, 2.75) is 38.5 Å². The maximum atomic E-state index is 12.7. The maximum absolute atomic E-state index is 12.7. The number of fused-ring (bicyclic) bond motifs is 1. The zero-order valence-electron chi connectivity index (χ0n) is 20.3. The van der Waals surface area contributed by atoms with Crippen LogP contribution in [0.15, 0.2) is 60.7 Å². The third-order valence-corrected chi connectivity index (χ3v) is 5.96. The number of hydrogen-bond donors (Lipinski definition) is 3. The van der Waals surface area contributed by atoms with Crippen LogP contribution >= 0.6 is 0 Å². The van der Waals surface area contributed by atoms with Crippen molar-refractivity contribution in [3.8, 4) is 0 Å². The molecule has 2 aromatic rings. The molecule has 6 nitrogen and oxygen atoms in total. The van der Waals surface area contributed by atoms with Crippen LogP contribution in [-0.2, 0) is 22.2 Å². The van der Waals surface area contributed by atoms with E-state index in [2.05, 4.69) is 10.6 Å². The summed E-state index contributed by atoms with van der Waals surface area (Å²) in [5.74, 6) is -0.470. The Morgan fingerprint density at radius 3 is 2.50 bits per heavy atom. The lowest BCUT2D eigenvalue weighted by atomic mass is 9.95. The summed E-state index contributed by atoms with van der Waals surface area (Å²) in [5.41, 5.74) is 2.16. The molecule has 3 N–H and O–H groups in total. The minimum absolute atomic E-state index is 0.0421. The molecule has 0 fully saturated rings. The number of likely N-dealkylation sites (N-methyl/N-ethyl adjacent to an activating group) is 1. The topological polar surface area (TPSA) is 81.7 Å². The largest absolute Gasteiger partial charge is 0.416 e. The number of amides is 2. The Kier molecular flexibility index (Phi) is 8.57. The van der Waals surface area contributed by atoms with Crippen molar-refractivity contribution in [1.82, 2.24) is 5.32 Å². The maximum Gasteiger partial charge on any atom is 0.416 e. The summed E-state index contributed by atoms with van der Waals surface area (Å²) in [7, 11) is 1.85. The lowest BCUT2D eigenvalue weighted by Crippen LogP contribution is -2.54. The van der Waals surface area contributed by atoms with Gasteiger partial charge in [0.15, 0.2) is 0 Å². The van der Waals surface area contributed by atoms with E-state index in [-0.39, 0.29) is 24.3 Å². The van der Waals surface area contributed by atoms with Crippen LogP contribution in [0, 0.1) is 5.92 Å². The molecule has 0 aliphatic carbocycles. The van der Waals surface area contributed by atoms with E-state index in [0.717, 1.165) is 23.4 Å². The standard InChI is InChI=1S/C27H30F3N3O3/c1-17(2)25-26(36)32-22(16-34)15-19-14-21(12-13-23(19)33(25)3)31-24(35)7-5-4-6-18-8-10-20(11-9-18)27(28,29)30/h4-14,17,22,25,34H,15-16H2,1-3H3,(H,31,35)(H,32,36)/b6-4+,7-5+/t22-,25-/m0/s1. The molecule has 0 unspecified atom stereocenters. The van der Waals surface area contributed by atoms with Crippen LogP contribution in [0.2, 0.25) is 0 Å². The summed E-state index contributed by atoms with van der Waals surface area (Å²) in [5, 5.41) is 15.4. The van der Waals surface area contributed by atoms with Gasteiger partial charge in [-0.1, -0.05) is 44.2 Å². The fraction of sp³-hybridized carbons (Fsp3) is 0.333. The van der Waals surface area contributed by atoms with Crippen molar-refractivity contribution in [1.29, 1.82) is 0 Å². The highest BCUT2D eigenvalue weighted by Gasteiger charge is 2.32. The zero-order valence-corrected chi connectivity index (χ0v) is 20.3. The van der Waals surface area contributed by atoms with Crippen LogP contribution < -0.4 is 15.5 Å². The molecule has 36 heavy (non-hydrogen) atoms.